The van der Waals surface area contributed by atoms with Crippen molar-refractivity contribution in [3.05, 3.63) is 24.3 Å². The zero-order valence-electron chi connectivity index (χ0n) is 32.1. The first-order valence-electron chi connectivity index (χ1n) is 20.3. The first kappa shape index (κ1) is 48.5. The summed E-state index contributed by atoms with van der Waals surface area (Å²) in [5.41, 5.74) is 0. The van der Waals surface area contributed by atoms with Gasteiger partial charge in [0.1, 0.15) is 12.7 Å². The number of allylic oxidation sites excluding steroid dienone is 4. The molecule has 0 radical (unpaired) electrons. The van der Waals surface area contributed by atoms with Crippen molar-refractivity contribution < 1.29 is 37.9 Å². The molecule has 294 valence electrons. The van der Waals surface area contributed by atoms with E-state index < -0.39 is 26.5 Å². The maximum atomic E-state index is 12.1. The molecule has 50 heavy (non-hydrogen) atoms. The molecule has 0 aromatic heterocycles. The van der Waals surface area contributed by atoms with Crippen LogP contribution >= 0.6 is 7.82 Å². The number of carbonyl (C=O) groups excluding carboxylic acids is 2. The predicted molar refractivity (Wildman–Crippen MR) is 206 cm³/mol. The Morgan fingerprint density at radius 2 is 1.08 bits per heavy atom. The Balaban J connectivity index is 3.61. The smallest absolute Gasteiger partial charge is 0.463 e. The summed E-state index contributed by atoms with van der Waals surface area (Å²) in [5.74, 6) is -0.521. The van der Waals surface area contributed by atoms with Gasteiger partial charge >= 0.3 is 13.8 Å². The minimum Gasteiger partial charge on any atom is -0.463 e. The number of amides is 1. The van der Waals surface area contributed by atoms with Gasteiger partial charge in [0.25, 0.3) is 0 Å². The topological polar surface area (TPSA) is 131 Å². The highest BCUT2D eigenvalue weighted by Crippen LogP contribution is 2.42. The van der Waals surface area contributed by atoms with Gasteiger partial charge in [-0.05, 0) is 44.9 Å². The SMILES string of the molecule is CCCCC/C=C\C/C=C\CCCCCCCCCC(=O)NCCOP(=O)(O)OCC(O)COC(=O)CCCCCCCCCCCCCC. The van der Waals surface area contributed by atoms with E-state index in [4.69, 9.17) is 13.8 Å². The van der Waals surface area contributed by atoms with Crippen LogP contribution in [0.25, 0.3) is 0 Å². The van der Waals surface area contributed by atoms with E-state index in [2.05, 4.69) is 43.5 Å². The average Bonchev–Trinajstić information content (AvgIpc) is 3.10. The largest absolute Gasteiger partial charge is 0.472 e. The Hall–Kier alpha value is -1.51. The molecule has 3 N–H and O–H groups in total. The highest BCUT2D eigenvalue weighted by molar-refractivity contribution is 7.47. The fourth-order valence-electron chi connectivity index (χ4n) is 5.53. The molecule has 1 amide bonds. The molecule has 0 aliphatic heterocycles. The summed E-state index contributed by atoms with van der Waals surface area (Å²) < 4.78 is 26.8. The van der Waals surface area contributed by atoms with E-state index in [1.165, 1.54) is 109 Å². The molecule has 0 bridgehead atoms. The van der Waals surface area contributed by atoms with Crippen LogP contribution in [-0.4, -0.2) is 54.3 Å². The number of aliphatic hydroxyl groups is 1. The Morgan fingerprint density at radius 3 is 1.64 bits per heavy atom. The Morgan fingerprint density at radius 1 is 0.620 bits per heavy atom. The van der Waals surface area contributed by atoms with E-state index in [0.717, 1.165) is 51.4 Å². The first-order valence-corrected chi connectivity index (χ1v) is 21.8. The van der Waals surface area contributed by atoms with Crippen molar-refractivity contribution in [2.24, 2.45) is 0 Å². The standard InChI is InChI=1S/C40H76NO8P/c1-3-5-7-9-11-13-15-17-18-19-20-21-22-24-26-28-30-32-39(43)41-34-35-48-50(45,46)49-37-38(42)36-47-40(44)33-31-29-27-25-23-16-14-12-10-8-6-4-2/h11,13,17-18,38,42H,3-10,12,14-16,19-37H2,1-2H3,(H,41,43)(H,45,46)/b13-11-,18-17-. The number of ether oxygens (including phenoxy) is 1. The molecule has 10 heteroatoms. The molecule has 0 aliphatic carbocycles. The van der Waals surface area contributed by atoms with Crippen LogP contribution in [0.3, 0.4) is 0 Å². The number of hydrogen-bond acceptors (Lipinski definition) is 7. The number of unbranched alkanes of at least 4 members (excludes halogenated alkanes) is 21. The van der Waals surface area contributed by atoms with Gasteiger partial charge in [0.15, 0.2) is 0 Å². The second kappa shape index (κ2) is 37.3. The normalized spacial score (nSPS) is 13.6. The predicted octanol–water partition coefficient (Wildman–Crippen LogP) is 10.8. The van der Waals surface area contributed by atoms with E-state index in [0.29, 0.717) is 6.42 Å². The summed E-state index contributed by atoms with van der Waals surface area (Å²) in [7, 11) is -4.41. The Bertz CT molecular complexity index is 881. The number of carbonyl (C=O) groups is 2. The fraction of sp³-hybridized carbons (Fsp3) is 0.850. The van der Waals surface area contributed by atoms with E-state index in [9.17, 15) is 24.2 Å². The van der Waals surface area contributed by atoms with Gasteiger partial charge in [-0.1, -0.05) is 154 Å². The molecule has 0 saturated heterocycles. The van der Waals surface area contributed by atoms with Crippen LogP contribution in [0.2, 0.25) is 0 Å². The second-order valence-corrected chi connectivity index (χ2v) is 15.1. The number of phosphoric acid groups is 1. The van der Waals surface area contributed by atoms with E-state index in [1.54, 1.807) is 0 Å². The van der Waals surface area contributed by atoms with Gasteiger partial charge in [-0.3, -0.25) is 18.6 Å². The summed E-state index contributed by atoms with van der Waals surface area (Å²) in [6, 6.07) is 0. The minimum absolute atomic E-state index is 0.0791. The molecule has 2 unspecified atom stereocenters. The number of rotatable bonds is 38. The van der Waals surface area contributed by atoms with Gasteiger partial charge in [-0.2, -0.15) is 0 Å². The van der Waals surface area contributed by atoms with Gasteiger partial charge in [-0.15, -0.1) is 0 Å². The third-order valence-corrected chi connectivity index (χ3v) is 9.62. The monoisotopic (exact) mass is 730 g/mol. The molecule has 0 heterocycles. The lowest BCUT2D eigenvalue weighted by Gasteiger charge is -2.15. The molecule has 0 aliphatic rings. The zero-order valence-corrected chi connectivity index (χ0v) is 33.0. The van der Waals surface area contributed by atoms with Crippen molar-refractivity contribution in [2.45, 2.75) is 193 Å². The fourth-order valence-corrected chi connectivity index (χ4v) is 6.28. The molecule has 9 nitrogen and oxygen atoms in total. The van der Waals surface area contributed by atoms with Crippen LogP contribution in [0.5, 0.6) is 0 Å². The van der Waals surface area contributed by atoms with Gasteiger partial charge in [0.2, 0.25) is 5.91 Å². The lowest BCUT2D eigenvalue weighted by molar-refractivity contribution is -0.147. The molecule has 0 saturated carbocycles. The minimum atomic E-state index is -4.41. The lowest BCUT2D eigenvalue weighted by Crippen LogP contribution is -2.27. The van der Waals surface area contributed by atoms with Crippen molar-refractivity contribution in [3.63, 3.8) is 0 Å². The van der Waals surface area contributed by atoms with Gasteiger partial charge in [0, 0.05) is 19.4 Å². The molecule has 0 aromatic carbocycles. The van der Waals surface area contributed by atoms with Crippen LogP contribution in [0.15, 0.2) is 24.3 Å². The van der Waals surface area contributed by atoms with Crippen LogP contribution in [0.4, 0.5) is 0 Å². The molecule has 0 aromatic rings. The van der Waals surface area contributed by atoms with E-state index >= 15 is 0 Å². The number of phosphoric ester groups is 1. The van der Waals surface area contributed by atoms with Crippen LogP contribution in [0, 0.1) is 0 Å². The van der Waals surface area contributed by atoms with Crippen molar-refractivity contribution >= 4 is 19.7 Å². The molecular weight excluding hydrogens is 653 g/mol. The summed E-state index contributed by atoms with van der Waals surface area (Å²) in [4.78, 5) is 33.8. The second-order valence-electron chi connectivity index (χ2n) is 13.6. The third kappa shape index (κ3) is 37.7. The number of hydrogen-bond donors (Lipinski definition) is 3. The summed E-state index contributed by atoms with van der Waals surface area (Å²) in [5, 5.41) is 12.7. The average molecular weight is 730 g/mol. The molecule has 2 atom stereocenters. The Kier molecular flexibility index (Phi) is 36.1. The quantitative estimate of drug-likeness (QED) is 0.0248. The van der Waals surface area contributed by atoms with Crippen molar-refractivity contribution in [3.8, 4) is 0 Å². The number of esters is 1. The summed E-state index contributed by atoms with van der Waals surface area (Å²) in [6.45, 7) is 3.52. The van der Waals surface area contributed by atoms with Crippen LogP contribution < -0.4 is 5.32 Å². The van der Waals surface area contributed by atoms with Gasteiger partial charge in [0.05, 0.1) is 13.2 Å². The van der Waals surface area contributed by atoms with Crippen LogP contribution in [-0.2, 0) is 27.9 Å². The molecule has 0 rings (SSSR count). The van der Waals surface area contributed by atoms with Gasteiger partial charge < -0.3 is 20.1 Å². The Labute approximate surface area is 306 Å². The zero-order chi connectivity index (χ0) is 36.8. The maximum Gasteiger partial charge on any atom is 0.472 e. The highest BCUT2D eigenvalue weighted by atomic mass is 31.2. The van der Waals surface area contributed by atoms with E-state index in [-0.39, 0.29) is 32.1 Å². The summed E-state index contributed by atoms with van der Waals surface area (Å²) >= 11 is 0. The highest BCUT2D eigenvalue weighted by Gasteiger charge is 2.23. The molecule has 0 fully saturated rings. The first-order chi connectivity index (χ1) is 24.3. The summed E-state index contributed by atoms with van der Waals surface area (Å²) in [6.07, 6.45) is 38.2. The number of nitrogens with one attached hydrogen (secondary N) is 1. The molecular formula is C40H76NO8P. The third-order valence-electron chi connectivity index (χ3n) is 8.63. The van der Waals surface area contributed by atoms with Crippen LogP contribution in [0.1, 0.15) is 187 Å². The van der Waals surface area contributed by atoms with E-state index in [1.807, 2.05) is 0 Å². The van der Waals surface area contributed by atoms with Crippen molar-refractivity contribution in [2.75, 3.05) is 26.4 Å². The van der Waals surface area contributed by atoms with Crippen molar-refractivity contribution in [1.29, 1.82) is 0 Å². The lowest BCUT2D eigenvalue weighted by atomic mass is 10.0. The van der Waals surface area contributed by atoms with Gasteiger partial charge in [-0.25, -0.2) is 4.57 Å². The number of aliphatic hydroxyl groups excluding tert-OH is 1. The molecule has 0 spiro atoms. The van der Waals surface area contributed by atoms with Crippen molar-refractivity contribution in [1.82, 2.24) is 5.32 Å². The maximum absolute atomic E-state index is 12.1.